The minimum Gasteiger partial charge on any atom is -0.497 e. The molecule has 0 saturated carbocycles. The van der Waals surface area contributed by atoms with E-state index in [1.807, 2.05) is 95.4 Å². The summed E-state index contributed by atoms with van der Waals surface area (Å²) in [6, 6.07) is 26.2. The fourth-order valence-corrected chi connectivity index (χ4v) is 3.12. The molecule has 0 N–H and O–H groups in total. The fraction of sp³-hybridized carbons (Fsp3) is 0.231. The van der Waals surface area contributed by atoms with Crippen LogP contribution in [0, 0.1) is 0 Å². The third-order valence-corrected chi connectivity index (χ3v) is 4.37. The van der Waals surface area contributed by atoms with Gasteiger partial charge < -0.3 is 4.74 Å². The number of methoxy groups -OCH3 is 1. The Hall–Kier alpha value is -3.40. The average molecular weight is 402 g/mol. The van der Waals surface area contributed by atoms with Gasteiger partial charge in [0.2, 0.25) is 0 Å². The number of para-hydroxylation sites is 1. The number of rotatable bonds is 3. The summed E-state index contributed by atoms with van der Waals surface area (Å²) < 4.78 is 7.39. The molecular weight excluding hydrogens is 370 g/mol. The van der Waals surface area contributed by atoms with E-state index >= 15 is 0 Å². The smallest absolute Gasteiger partial charge is 0.146 e. The highest BCUT2D eigenvalue weighted by Gasteiger charge is 2.13. The van der Waals surface area contributed by atoms with Gasteiger partial charge >= 0.3 is 0 Å². The van der Waals surface area contributed by atoms with E-state index in [-0.39, 0.29) is 0 Å². The predicted molar refractivity (Wildman–Crippen MR) is 127 cm³/mol. The predicted octanol–water partition coefficient (Wildman–Crippen LogP) is 6.28. The van der Waals surface area contributed by atoms with Gasteiger partial charge in [-0.25, -0.2) is 4.98 Å². The maximum absolute atomic E-state index is 5.30. The molecule has 0 fully saturated rings. The van der Waals surface area contributed by atoms with Crippen molar-refractivity contribution in [3.05, 3.63) is 84.4 Å². The van der Waals surface area contributed by atoms with Crippen LogP contribution in [0.1, 0.15) is 27.7 Å². The van der Waals surface area contributed by atoms with Crippen molar-refractivity contribution in [3.63, 3.8) is 0 Å². The summed E-state index contributed by atoms with van der Waals surface area (Å²) in [5.74, 6) is 1.68. The van der Waals surface area contributed by atoms with Crippen molar-refractivity contribution in [2.45, 2.75) is 27.7 Å². The molecule has 3 aromatic carbocycles. The maximum atomic E-state index is 5.30. The molecule has 1 aromatic heterocycles. The van der Waals surface area contributed by atoms with Crippen LogP contribution in [0.25, 0.3) is 28.0 Å². The Morgan fingerprint density at radius 1 is 0.767 bits per heavy atom. The Kier molecular flexibility index (Phi) is 8.82. The number of benzene rings is 3. The van der Waals surface area contributed by atoms with Gasteiger partial charge in [-0.2, -0.15) is 0 Å². The van der Waals surface area contributed by atoms with Crippen LogP contribution in [0.15, 0.2) is 83.9 Å². The highest BCUT2D eigenvalue weighted by molar-refractivity contribution is 5.80. The lowest BCUT2D eigenvalue weighted by Gasteiger charge is -2.16. The third kappa shape index (κ3) is 4.77. The zero-order valence-electron chi connectivity index (χ0n) is 18.8. The SMILES string of the molecule is CC.CC.CN=c1c2ccccc2nc(-c2ccccc2)n1-c1ccc(OC)cc1. The van der Waals surface area contributed by atoms with Gasteiger partial charge in [0, 0.05) is 23.7 Å². The molecule has 0 radical (unpaired) electrons. The van der Waals surface area contributed by atoms with Crippen LogP contribution in [-0.4, -0.2) is 23.7 Å². The van der Waals surface area contributed by atoms with Crippen molar-refractivity contribution in [2.24, 2.45) is 4.99 Å². The van der Waals surface area contributed by atoms with E-state index in [0.29, 0.717) is 0 Å². The van der Waals surface area contributed by atoms with Crippen molar-refractivity contribution in [1.82, 2.24) is 9.55 Å². The molecule has 156 valence electrons. The Morgan fingerprint density at radius 2 is 1.37 bits per heavy atom. The van der Waals surface area contributed by atoms with E-state index in [9.17, 15) is 0 Å². The minimum absolute atomic E-state index is 0.819. The molecule has 0 aliphatic carbocycles. The molecule has 0 atom stereocenters. The molecule has 1 heterocycles. The van der Waals surface area contributed by atoms with Gasteiger partial charge in [-0.05, 0) is 36.4 Å². The van der Waals surface area contributed by atoms with Gasteiger partial charge in [0.15, 0.2) is 0 Å². The van der Waals surface area contributed by atoms with E-state index in [2.05, 4.69) is 27.8 Å². The summed E-state index contributed by atoms with van der Waals surface area (Å²) in [6.45, 7) is 8.00. The zero-order chi connectivity index (χ0) is 21.9. The topological polar surface area (TPSA) is 39.4 Å². The van der Waals surface area contributed by atoms with Crippen LogP contribution < -0.4 is 10.2 Å². The van der Waals surface area contributed by atoms with Gasteiger partial charge in [0.1, 0.15) is 17.1 Å². The molecule has 0 aliphatic rings. The van der Waals surface area contributed by atoms with Crippen molar-refractivity contribution < 1.29 is 4.74 Å². The lowest BCUT2D eigenvalue weighted by atomic mass is 10.1. The molecule has 0 aliphatic heterocycles. The molecule has 4 aromatic rings. The van der Waals surface area contributed by atoms with Crippen LogP contribution in [0.4, 0.5) is 0 Å². The number of aromatic nitrogens is 2. The average Bonchev–Trinajstić information content (AvgIpc) is 2.86. The van der Waals surface area contributed by atoms with Crippen LogP contribution in [0.5, 0.6) is 5.75 Å². The Balaban J connectivity index is 0.000000757. The van der Waals surface area contributed by atoms with Gasteiger partial charge in [-0.1, -0.05) is 70.2 Å². The summed E-state index contributed by atoms with van der Waals surface area (Å²) >= 11 is 0. The first-order chi connectivity index (χ1) is 14.8. The standard InChI is InChI=1S/C22H19N3O.2C2H6/c1-23-22-19-10-6-7-11-20(19)24-21(16-8-4-3-5-9-16)25(22)17-12-14-18(26-2)15-13-17;2*1-2/h3-15H,1-2H3;2*1-2H3. The van der Waals surface area contributed by atoms with Crippen LogP contribution in [0.2, 0.25) is 0 Å². The first-order valence-electron chi connectivity index (χ1n) is 10.5. The van der Waals surface area contributed by atoms with Crippen molar-refractivity contribution in [2.75, 3.05) is 14.2 Å². The van der Waals surface area contributed by atoms with Gasteiger partial charge in [0.05, 0.1) is 12.6 Å². The number of hydrogen-bond donors (Lipinski definition) is 0. The lowest BCUT2D eigenvalue weighted by Crippen LogP contribution is -2.23. The molecule has 0 spiro atoms. The molecule has 0 unspecified atom stereocenters. The number of ether oxygens (including phenoxy) is 1. The maximum Gasteiger partial charge on any atom is 0.146 e. The summed E-state index contributed by atoms with van der Waals surface area (Å²) in [6.07, 6.45) is 0. The highest BCUT2D eigenvalue weighted by atomic mass is 16.5. The molecular formula is C26H31N3O. The van der Waals surface area contributed by atoms with Crippen LogP contribution in [-0.2, 0) is 0 Å². The van der Waals surface area contributed by atoms with Crippen LogP contribution in [0.3, 0.4) is 0 Å². The molecule has 4 heteroatoms. The second kappa shape index (κ2) is 11.6. The van der Waals surface area contributed by atoms with E-state index < -0.39 is 0 Å². The highest BCUT2D eigenvalue weighted by Crippen LogP contribution is 2.23. The number of hydrogen-bond acceptors (Lipinski definition) is 3. The lowest BCUT2D eigenvalue weighted by molar-refractivity contribution is 0.414. The second-order valence-corrected chi connectivity index (χ2v) is 5.90. The number of nitrogens with zero attached hydrogens (tertiary/aromatic N) is 3. The third-order valence-electron chi connectivity index (χ3n) is 4.37. The van der Waals surface area contributed by atoms with E-state index in [4.69, 9.17) is 9.72 Å². The van der Waals surface area contributed by atoms with Gasteiger partial charge in [-0.15, -0.1) is 0 Å². The first-order valence-corrected chi connectivity index (χ1v) is 10.5. The summed E-state index contributed by atoms with van der Waals surface area (Å²) in [5, 5.41) is 1.02. The Bertz CT molecular complexity index is 1110. The molecule has 4 rings (SSSR count). The summed E-state index contributed by atoms with van der Waals surface area (Å²) in [4.78, 5) is 9.54. The molecule has 0 bridgehead atoms. The molecule has 0 amide bonds. The Morgan fingerprint density at radius 3 is 1.97 bits per heavy atom. The minimum atomic E-state index is 0.819. The van der Waals surface area contributed by atoms with E-state index in [1.54, 1.807) is 7.11 Å². The van der Waals surface area contributed by atoms with Gasteiger partial charge in [0.25, 0.3) is 0 Å². The molecule has 30 heavy (non-hydrogen) atoms. The van der Waals surface area contributed by atoms with Crippen molar-refractivity contribution in [3.8, 4) is 22.8 Å². The Labute approximate surface area is 179 Å². The summed E-state index contributed by atoms with van der Waals surface area (Å²) in [5.41, 5.74) is 3.83. The normalized spacial score (nSPS) is 10.5. The van der Waals surface area contributed by atoms with E-state index in [0.717, 1.165) is 39.2 Å². The fourth-order valence-electron chi connectivity index (χ4n) is 3.12. The zero-order valence-corrected chi connectivity index (χ0v) is 18.8. The van der Waals surface area contributed by atoms with Crippen LogP contribution >= 0.6 is 0 Å². The monoisotopic (exact) mass is 401 g/mol. The van der Waals surface area contributed by atoms with Crippen molar-refractivity contribution >= 4 is 10.9 Å². The molecule has 4 nitrogen and oxygen atoms in total. The quantitative estimate of drug-likeness (QED) is 0.405. The van der Waals surface area contributed by atoms with Gasteiger partial charge in [-0.3, -0.25) is 9.56 Å². The van der Waals surface area contributed by atoms with Crippen molar-refractivity contribution in [1.29, 1.82) is 0 Å². The van der Waals surface area contributed by atoms with E-state index in [1.165, 1.54) is 0 Å². The summed E-state index contributed by atoms with van der Waals surface area (Å²) in [7, 11) is 3.48. The number of fused-ring (bicyclic) bond motifs is 1. The molecule has 0 saturated heterocycles. The second-order valence-electron chi connectivity index (χ2n) is 5.90. The first kappa shape index (κ1) is 22.9. The largest absolute Gasteiger partial charge is 0.497 e.